The third kappa shape index (κ3) is 3.24. The number of benzene rings is 2. The number of rotatable bonds is 2. The van der Waals surface area contributed by atoms with E-state index in [4.69, 9.17) is 5.73 Å². The molecule has 0 aromatic heterocycles. The van der Waals surface area contributed by atoms with E-state index in [2.05, 4.69) is 53.1 Å². The van der Waals surface area contributed by atoms with Gasteiger partial charge in [-0.3, -0.25) is 4.79 Å². The van der Waals surface area contributed by atoms with Crippen LogP contribution in [0.1, 0.15) is 15.9 Å². The molecule has 104 valence electrons. The summed E-state index contributed by atoms with van der Waals surface area (Å²) in [7, 11) is 0. The van der Waals surface area contributed by atoms with Gasteiger partial charge in [-0.2, -0.15) is 0 Å². The Hall–Kier alpha value is -0.850. The first kappa shape index (κ1) is 15.5. The van der Waals surface area contributed by atoms with E-state index in [-0.39, 0.29) is 5.91 Å². The molecule has 0 unspecified atom stereocenters. The minimum absolute atomic E-state index is 0.213. The van der Waals surface area contributed by atoms with Gasteiger partial charge in [-0.25, -0.2) is 0 Å². The van der Waals surface area contributed by atoms with Gasteiger partial charge < -0.3 is 11.1 Å². The lowest BCUT2D eigenvalue weighted by atomic mass is 10.1. The van der Waals surface area contributed by atoms with Crippen LogP contribution in [0.25, 0.3) is 0 Å². The number of nitrogens with one attached hydrogen (secondary N) is 1. The number of carbonyl (C=O) groups is 1. The van der Waals surface area contributed by atoms with Gasteiger partial charge in [0.05, 0.1) is 16.9 Å². The maximum Gasteiger partial charge on any atom is 0.256 e. The molecule has 0 aliphatic rings. The van der Waals surface area contributed by atoms with Crippen molar-refractivity contribution in [2.75, 3.05) is 11.1 Å². The molecule has 6 heteroatoms. The minimum Gasteiger partial charge on any atom is -0.397 e. The maximum absolute atomic E-state index is 12.3. The molecule has 0 aliphatic heterocycles. The highest BCUT2D eigenvalue weighted by Crippen LogP contribution is 2.33. The van der Waals surface area contributed by atoms with Crippen molar-refractivity contribution in [1.82, 2.24) is 0 Å². The monoisotopic (exact) mass is 460 g/mol. The van der Waals surface area contributed by atoms with E-state index in [1.54, 1.807) is 12.1 Å². The van der Waals surface area contributed by atoms with Crippen molar-refractivity contribution in [3.05, 3.63) is 54.9 Å². The molecule has 0 radical (unpaired) electrons. The van der Waals surface area contributed by atoms with Crippen LogP contribution in [0, 0.1) is 6.92 Å². The van der Waals surface area contributed by atoms with Crippen molar-refractivity contribution in [1.29, 1.82) is 0 Å². The van der Waals surface area contributed by atoms with Gasteiger partial charge in [-0.1, -0.05) is 28.1 Å². The fraction of sp³-hybridized carbons (Fsp3) is 0.0714. The molecule has 3 N–H and O–H groups in total. The van der Waals surface area contributed by atoms with Crippen LogP contribution in [0.5, 0.6) is 0 Å². The summed E-state index contributed by atoms with van der Waals surface area (Å²) in [4.78, 5) is 12.3. The molecule has 2 rings (SSSR count). The Morgan fingerprint density at radius 3 is 2.55 bits per heavy atom. The molecular formula is C14H11Br3N2O. The highest BCUT2D eigenvalue weighted by atomic mass is 79.9. The highest BCUT2D eigenvalue weighted by molar-refractivity contribution is 9.11. The second kappa shape index (κ2) is 6.28. The van der Waals surface area contributed by atoms with Crippen LogP contribution in [0.15, 0.2) is 43.7 Å². The summed E-state index contributed by atoms with van der Waals surface area (Å²) < 4.78 is 2.35. The zero-order valence-electron chi connectivity index (χ0n) is 10.5. The largest absolute Gasteiger partial charge is 0.397 e. The molecule has 0 atom stereocenters. The summed E-state index contributed by atoms with van der Waals surface area (Å²) in [6.07, 6.45) is 0. The van der Waals surface area contributed by atoms with Gasteiger partial charge in [-0.15, -0.1) is 0 Å². The highest BCUT2D eigenvalue weighted by Gasteiger charge is 2.15. The quantitative estimate of drug-likeness (QED) is 0.609. The lowest BCUT2D eigenvalue weighted by molar-refractivity contribution is 0.102. The number of hydrogen-bond acceptors (Lipinski definition) is 2. The smallest absolute Gasteiger partial charge is 0.256 e. The number of anilines is 2. The second-order valence-corrected chi connectivity index (χ2v) is 6.81. The molecule has 3 nitrogen and oxygen atoms in total. The standard InChI is InChI=1S/C14H11Br3N2O/c1-7-3-2-4-9(12(7)17)14(20)19-13-10(16)5-8(15)6-11(13)18/h2-6H,18H2,1H3,(H,19,20). The predicted octanol–water partition coefficient (Wildman–Crippen LogP) is 5.12. The Morgan fingerprint density at radius 2 is 1.90 bits per heavy atom. The zero-order valence-corrected chi connectivity index (χ0v) is 15.3. The van der Waals surface area contributed by atoms with Crippen molar-refractivity contribution >= 4 is 65.1 Å². The lowest BCUT2D eigenvalue weighted by Gasteiger charge is -2.12. The molecule has 0 saturated heterocycles. The molecular weight excluding hydrogens is 452 g/mol. The summed E-state index contributed by atoms with van der Waals surface area (Å²) in [5, 5.41) is 2.83. The van der Waals surface area contributed by atoms with Gasteiger partial charge in [0.1, 0.15) is 0 Å². The molecule has 0 saturated carbocycles. The van der Waals surface area contributed by atoms with Gasteiger partial charge in [-0.05, 0) is 62.5 Å². The maximum atomic E-state index is 12.3. The van der Waals surface area contributed by atoms with E-state index < -0.39 is 0 Å². The van der Waals surface area contributed by atoms with Crippen LogP contribution in [-0.4, -0.2) is 5.91 Å². The molecule has 20 heavy (non-hydrogen) atoms. The fourth-order valence-corrected chi connectivity index (χ4v) is 3.53. The van der Waals surface area contributed by atoms with E-state index in [1.165, 1.54) is 0 Å². The Balaban J connectivity index is 2.36. The first-order valence-electron chi connectivity index (χ1n) is 5.71. The lowest BCUT2D eigenvalue weighted by Crippen LogP contribution is -2.14. The number of nitrogens with two attached hydrogens (primary N) is 1. The van der Waals surface area contributed by atoms with Crippen molar-refractivity contribution in [3.8, 4) is 0 Å². The molecule has 0 bridgehead atoms. The summed E-state index contributed by atoms with van der Waals surface area (Å²) >= 11 is 10.2. The Morgan fingerprint density at radius 1 is 1.20 bits per heavy atom. The Labute approximate surface area is 142 Å². The number of hydrogen-bond donors (Lipinski definition) is 2. The Bertz CT molecular complexity index is 663. The van der Waals surface area contributed by atoms with Crippen LogP contribution in [-0.2, 0) is 0 Å². The SMILES string of the molecule is Cc1cccc(C(=O)Nc2c(N)cc(Br)cc2Br)c1Br. The number of amides is 1. The third-order valence-corrected chi connectivity index (χ3v) is 4.90. The predicted molar refractivity (Wildman–Crippen MR) is 93.1 cm³/mol. The summed E-state index contributed by atoms with van der Waals surface area (Å²) in [5.41, 5.74) is 8.55. The van der Waals surface area contributed by atoms with Gasteiger partial charge in [0.2, 0.25) is 0 Å². The molecule has 2 aromatic carbocycles. The number of carbonyl (C=O) groups excluding carboxylic acids is 1. The normalized spacial score (nSPS) is 10.4. The zero-order chi connectivity index (χ0) is 14.9. The van der Waals surface area contributed by atoms with Crippen LogP contribution < -0.4 is 11.1 Å². The first-order valence-corrected chi connectivity index (χ1v) is 8.09. The van der Waals surface area contributed by atoms with Crippen molar-refractivity contribution < 1.29 is 4.79 Å². The van der Waals surface area contributed by atoms with E-state index in [9.17, 15) is 4.79 Å². The topological polar surface area (TPSA) is 55.1 Å². The van der Waals surface area contributed by atoms with Crippen molar-refractivity contribution in [2.24, 2.45) is 0 Å². The van der Waals surface area contributed by atoms with E-state index in [0.29, 0.717) is 16.9 Å². The van der Waals surface area contributed by atoms with Gasteiger partial charge in [0.25, 0.3) is 5.91 Å². The van der Waals surface area contributed by atoms with E-state index >= 15 is 0 Å². The second-order valence-electron chi connectivity index (χ2n) is 4.24. The minimum atomic E-state index is -0.213. The summed E-state index contributed by atoms with van der Waals surface area (Å²) in [6, 6.07) is 9.11. The van der Waals surface area contributed by atoms with Crippen molar-refractivity contribution in [3.63, 3.8) is 0 Å². The molecule has 0 aliphatic carbocycles. The summed E-state index contributed by atoms with van der Waals surface area (Å²) in [6.45, 7) is 1.94. The van der Waals surface area contributed by atoms with Crippen LogP contribution >= 0.6 is 47.8 Å². The van der Waals surface area contributed by atoms with Crippen molar-refractivity contribution in [2.45, 2.75) is 6.92 Å². The van der Waals surface area contributed by atoms with Crippen LogP contribution in [0.4, 0.5) is 11.4 Å². The summed E-state index contributed by atoms with van der Waals surface area (Å²) in [5.74, 6) is -0.213. The van der Waals surface area contributed by atoms with Crippen LogP contribution in [0.2, 0.25) is 0 Å². The molecule has 0 fully saturated rings. The number of nitrogen functional groups attached to an aromatic ring is 1. The van der Waals surface area contributed by atoms with Gasteiger partial charge in [0, 0.05) is 13.4 Å². The molecule has 1 amide bonds. The first-order chi connectivity index (χ1) is 9.40. The molecule has 0 heterocycles. The van der Waals surface area contributed by atoms with E-state index in [1.807, 2.05) is 25.1 Å². The fourth-order valence-electron chi connectivity index (χ4n) is 1.73. The van der Waals surface area contributed by atoms with E-state index in [0.717, 1.165) is 19.0 Å². The van der Waals surface area contributed by atoms with Gasteiger partial charge in [0.15, 0.2) is 0 Å². The molecule has 0 spiro atoms. The molecule has 2 aromatic rings. The number of halogens is 3. The van der Waals surface area contributed by atoms with Crippen LogP contribution in [0.3, 0.4) is 0 Å². The average molecular weight is 463 g/mol. The number of aryl methyl sites for hydroxylation is 1. The van der Waals surface area contributed by atoms with Gasteiger partial charge >= 0.3 is 0 Å². The third-order valence-electron chi connectivity index (χ3n) is 2.76. The average Bonchev–Trinajstić information content (AvgIpc) is 2.36. The Kier molecular flexibility index (Phi) is 4.88.